The number of hydrogen-bond acceptors (Lipinski definition) is 4. The highest BCUT2D eigenvalue weighted by Gasteiger charge is 2.48. The number of rotatable bonds is 5. The van der Waals surface area contributed by atoms with Crippen molar-refractivity contribution in [3.63, 3.8) is 0 Å². The highest BCUT2D eigenvalue weighted by Crippen LogP contribution is 2.32. The molecule has 2 amide bonds. The summed E-state index contributed by atoms with van der Waals surface area (Å²) in [5.41, 5.74) is 1.06. The van der Waals surface area contributed by atoms with Gasteiger partial charge in [0, 0.05) is 18.0 Å². The van der Waals surface area contributed by atoms with Crippen LogP contribution >= 0.6 is 0 Å². The van der Waals surface area contributed by atoms with Crippen molar-refractivity contribution in [2.75, 3.05) is 7.11 Å². The zero-order valence-corrected chi connectivity index (χ0v) is 21.2. The molecule has 2 aromatic rings. The van der Waals surface area contributed by atoms with Crippen LogP contribution in [0.3, 0.4) is 0 Å². The molecule has 2 aliphatic rings. The standard InChI is InChI=1S/C27H38N4O3/c1-26(2,3)23-16-22-24(32)30(17-19-11-10-14-21(15-19)34-5)27(4,18-31(22)29-23)25(33)28-20-12-8-6-7-9-13-20/h10-11,14-16,20H,6-9,12-13,17-18H2,1-5H3,(H,28,33)/t27-/m0/s1. The first-order valence-corrected chi connectivity index (χ1v) is 12.5. The molecular formula is C27H38N4O3. The number of hydrogen-bond donors (Lipinski definition) is 1. The van der Waals surface area contributed by atoms with Gasteiger partial charge in [-0.15, -0.1) is 0 Å². The number of ether oxygens (including phenoxy) is 1. The molecule has 184 valence electrons. The summed E-state index contributed by atoms with van der Waals surface area (Å²) in [4.78, 5) is 29.4. The maximum absolute atomic E-state index is 13.8. The van der Waals surface area contributed by atoms with Gasteiger partial charge in [0.05, 0.1) is 19.3 Å². The third-order valence-electron chi connectivity index (χ3n) is 7.22. The van der Waals surface area contributed by atoms with Crippen LogP contribution in [0, 0.1) is 0 Å². The minimum atomic E-state index is -1.05. The van der Waals surface area contributed by atoms with Crippen LogP contribution in [0.15, 0.2) is 30.3 Å². The zero-order chi connectivity index (χ0) is 24.5. The lowest BCUT2D eigenvalue weighted by atomic mass is 9.91. The molecule has 0 spiro atoms. The van der Waals surface area contributed by atoms with Gasteiger partial charge in [0.25, 0.3) is 5.91 Å². The maximum Gasteiger partial charge on any atom is 0.273 e. The Balaban J connectivity index is 1.70. The largest absolute Gasteiger partial charge is 0.497 e. The summed E-state index contributed by atoms with van der Waals surface area (Å²) in [6.07, 6.45) is 6.69. The Morgan fingerprint density at radius 2 is 1.88 bits per heavy atom. The third kappa shape index (κ3) is 4.84. The van der Waals surface area contributed by atoms with Crippen LogP contribution < -0.4 is 10.1 Å². The van der Waals surface area contributed by atoms with E-state index in [0.717, 1.165) is 42.7 Å². The molecule has 34 heavy (non-hydrogen) atoms. The van der Waals surface area contributed by atoms with Crippen LogP contribution in [0.1, 0.15) is 88.0 Å². The average molecular weight is 467 g/mol. The molecule has 1 aliphatic heterocycles. The van der Waals surface area contributed by atoms with Gasteiger partial charge in [0.1, 0.15) is 17.0 Å². The van der Waals surface area contributed by atoms with Gasteiger partial charge >= 0.3 is 0 Å². The van der Waals surface area contributed by atoms with Crippen molar-refractivity contribution in [3.05, 3.63) is 47.3 Å². The van der Waals surface area contributed by atoms with Gasteiger partial charge < -0.3 is 15.0 Å². The predicted molar refractivity (Wildman–Crippen MR) is 132 cm³/mol. The van der Waals surface area contributed by atoms with Crippen LogP contribution in [0.25, 0.3) is 0 Å². The van der Waals surface area contributed by atoms with Gasteiger partial charge in [-0.2, -0.15) is 5.10 Å². The van der Waals surface area contributed by atoms with Crippen molar-refractivity contribution < 1.29 is 14.3 Å². The molecule has 0 saturated heterocycles. The Kier molecular flexibility index (Phi) is 6.74. The summed E-state index contributed by atoms with van der Waals surface area (Å²) in [7, 11) is 1.63. The van der Waals surface area contributed by atoms with Gasteiger partial charge in [-0.3, -0.25) is 14.3 Å². The molecule has 0 bridgehead atoms. The van der Waals surface area contributed by atoms with Crippen molar-refractivity contribution in [2.24, 2.45) is 0 Å². The van der Waals surface area contributed by atoms with Gasteiger partial charge in [-0.1, -0.05) is 58.6 Å². The van der Waals surface area contributed by atoms with Gasteiger partial charge in [0.15, 0.2) is 0 Å². The highest BCUT2D eigenvalue weighted by atomic mass is 16.5. The first kappa shape index (κ1) is 24.3. The maximum atomic E-state index is 13.8. The Labute approximate surface area is 202 Å². The number of aromatic nitrogens is 2. The smallest absolute Gasteiger partial charge is 0.273 e. The van der Waals surface area contributed by atoms with Crippen molar-refractivity contribution in [3.8, 4) is 5.75 Å². The van der Waals surface area contributed by atoms with Crippen molar-refractivity contribution in [1.29, 1.82) is 0 Å². The summed E-state index contributed by atoms with van der Waals surface area (Å²) in [6, 6.07) is 9.71. The lowest BCUT2D eigenvalue weighted by Crippen LogP contribution is -2.64. The van der Waals surface area contributed by atoms with Crippen molar-refractivity contribution in [2.45, 2.75) is 96.3 Å². The molecule has 1 aliphatic carbocycles. The minimum absolute atomic E-state index is 0.103. The lowest BCUT2D eigenvalue weighted by Gasteiger charge is -2.44. The van der Waals surface area contributed by atoms with Gasteiger partial charge in [-0.25, -0.2) is 0 Å². The Morgan fingerprint density at radius 3 is 2.53 bits per heavy atom. The number of benzene rings is 1. The van der Waals surface area contributed by atoms with Crippen LogP contribution in [-0.4, -0.2) is 45.2 Å². The molecule has 7 nitrogen and oxygen atoms in total. The molecule has 1 fully saturated rings. The lowest BCUT2D eigenvalue weighted by molar-refractivity contribution is -0.134. The fourth-order valence-corrected chi connectivity index (χ4v) is 4.97. The van der Waals surface area contributed by atoms with E-state index in [9.17, 15) is 9.59 Å². The normalized spacial score (nSPS) is 21.7. The Morgan fingerprint density at radius 1 is 1.18 bits per heavy atom. The predicted octanol–water partition coefficient (Wildman–Crippen LogP) is 4.44. The molecule has 7 heteroatoms. The second kappa shape index (κ2) is 9.43. The minimum Gasteiger partial charge on any atom is -0.497 e. The van der Waals surface area contributed by atoms with E-state index in [2.05, 4.69) is 26.1 Å². The first-order valence-electron chi connectivity index (χ1n) is 12.5. The number of carbonyl (C=O) groups is 2. The van der Waals surface area contributed by atoms with E-state index in [0.29, 0.717) is 18.8 Å². The number of nitrogens with zero attached hydrogens (tertiary/aromatic N) is 3. The van der Waals surface area contributed by atoms with Gasteiger partial charge in [-0.05, 0) is 43.5 Å². The van der Waals surface area contributed by atoms with Crippen molar-refractivity contribution >= 4 is 11.8 Å². The summed E-state index contributed by atoms with van der Waals surface area (Å²) in [6.45, 7) is 8.76. The fraction of sp³-hybridized carbons (Fsp3) is 0.593. The molecule has 1 saturated carbocycles. The Bertz CT molecular complexity index is 1050. The van der Waals surface area contributed by atoms with E-state index < -0.39 is 5.54 Å². The average Bonchev–Trinajstić information content (AvgIpc) is 3.07. The summed E-state index contributed by atoms with van der Waals surface area (Å²) < 4.78 is 7.12. The SMILES string of the molecule is COc1cccc(CN2C(=O)c3cc(C(C)(C)C)nn3C[C@@]2(C)C(=O)NC2CCCCCC2)c1. The summed E-state index contributed by atoms with van der Waals surface area (Å²) in [5.74, 6) is 0.455. The summed E-state index contributed by atoms with van der Waals surface area (Å²) in [5, 5.41) is 8.05. The van der Waals surface area contributed by atoms with E-state index in [1.807, 2.05) is 37.3 Å². The van der Waals surface area contributed by atoms with E-state index in [-0.39, 0.29) is 23.3 Å². The number of methoxy groups -OCH3 is 1. The molecular weight excluding hydrogens is 428 g/mol. The molecule has 2 heterocycles. The molecule has 1 N–H and O–H groups in total. The van der Waals surface area contributed by atoms with Crippen LogP contribution in [-0.2, 0) is 23.3 Å². The second-order valence-electron chi connectivity index (χ2n) is 11.0. The first-order chi connectivity index (χ1) is 16.1. The second-order valence-corrected chi connectivity index (χ2v) is 11.0. The van der Waals surface area contributed by atoms with Gasteiger partial charge in [0.2, 0.25) is 5.91 Å². The molecule has 1 aromatic heterocycles. The molecule has 4 rings (SSSR count). The number of fused-ring (bicyclic) bond motifs is 1. The zero-order valence-electron chi connectivity index (χ0n) is 21.2. The fourth-order valence-electron chi connectivity index (χ4n) is 4.97. The topological polar surface area (TPSA) is 76.5 Å². The number of amides is 2. The Hall–Kier alpha value is -2.83. The molecule has 1 aromatic carbocycles. The van der Waals surface area contributed by atoms with Crippen LogP contribution in [0.2, 0.25) is 0 Å². The highest BCUT2D eigenvalue weighted by molar-refractivity contribution is 5.99. The number of nitrogens with one attached hydrogen (secondary N) is 1. The van der Waals surface area contributed by atoms with Crippen LogP contribution in [0.5, 0.6) is 5.75 Å². The van der Waals surface area contributed by atoms with E-state index in [1.165, 1.54) is 12.8 Å². The third-order valence-corrected chi connectivity index (χ3v) is 7.22. The van der Waals surface area contributed by atoms with E-state index in [1.54, 1.807) is 16.7 Å². The molecule has 1 atom stereocenters. The summed E-state index contributed by atoms with van der Waals surface area (Å²) >= 11 is 0. The monoisotopic (exact) mass is 466 g/mol. The van der Waals surface area contributed by atoms with E-state index >= 15 is 0 Å². The van der Waals surface area contributed by atoms with Crippen molar-refractivity contribution in [1.82, 2.24) is 20.0 Å². The van der Waals surface area contributed by atoms with Crippen LogP contribution in [0.4, 0.5) is 0 Å². The molecule has 0 unspecified atom stereocenters. The number of carbonyl (C=O) groups excluding carboxylic acids is 2. The quantitative estimate of drug-likeness (QED) is 0.661. The molecule has 0 radical (unpaired) electrons. The van der Waals surface area contributed by atoms with E-state index in [4.69, 9.17) is 9.84 Å².